The number of anilines is 1. The Bertz CT molecular complexity index is 1440. The average Bonchev–Trinajstić information content (AvgIpc) is 3.69. The zero-order chi connectivity index (χ0) is 27.5. The highest BCUT2D eigenvalue weighted by Crippen LogP contribution is 2.23. The van der Waals surface area contributed by atoms with Crippen LogP contribution in [0.4, 0.5) is 5.69 Å². The number of hydrogen-bond donors (Lipinski definition) is 4. The van der Waals surface area contributed by atoms with Crippen molar-refractivity contribution in [2.75, 3.05) is 44.6 Å². The van der Waals surface area contributed by atoms with E-state index in [-0.39, 0.29) is 5.91 Å². The number of H-pyrrole nitrogens is 1. The maximum absolute atomic E-state index is 13.0. The quantitative estimate of drug-likeness (QED) is 0.257. The summed E-state index contributed by atoms with van der Waals surface area (Å²) in [4.78, 5) is 25.8. The van der Waals surface area contributed by atoms with E-state index < -0.39 is 6.10 Å². The molecular formula is C30H38N8O2. The van der Waals surface area contributed by atoms with Gasteiger partial charge in [-0.25, -0.2) is 4.98 Å². The van der Waals surface area contributed by atoms with Crippen LogP contribution in [0.3, 0.4) is 0 Å². The summed E-state index contributed by atoms with van der Waals surface area (Å²) in [7, 11) is 0. The first-order chi connectivity index (χ1) is 19.5. The van der Waals surface area contributed by atoms with Gasteiger partial charge in [-0.3, -0.25) is 19.3 Å². The van der Waals surface area contributed by atoms with Crippen LogP contribution in [0.5, 0.6) is 0 Å². The third-order valence-electron chi connectivity index (χ3n) is 8.02. The molecule has 2 saturated heterocycles. The highest BCUT2D eigenvalue weighted by molar-refractivity contribution is 6.05. The lowest BCUT2D eigenvalue weighted by Gasteiger charge is -2.29. The van der Waals surface area contributed by atoms with Gasteiger partial charge < -0.3 is 20.7 Å². The predicted octanol–water partition coefficient (Wildman–Crippen LogP) is 2.93. The van der Waals surface area contributed by atoms with Crippen LogP contribution in [-0.2, 0) is 13.1 Å². The van der Waals surface area contributed by atoms with Gasteiger partial charge in [-0.05, 0) is 62.2 Å². The Labute approximate surface area is 234 Å². The van der Waals surface area contributed by atoms with E-state index in [1.54, 1.807) is 10.9 Å². The van der Waals surface area contributed by atoms with Gasteiger partial charge in [0.1, 0.15) is 5.82 Å². The summed E-state index contributed by atoms with van der Waals surface area (Å²) >= 11 is 0. The van der Waals surface area contributed by atoms with Crippen molar-refractivity contribution in [1.82, 2.24) is 34.9 Å². The Morgan fingerprint density at radius 2 is 1.93 bits per heavy atom. The Hall–Kier alpha value is -3.57. The first-order valence-electron chi connectivity index (χ1n) is 14.3. The summed E-state index contributed by atoms with van der Waals surface area (Å²) in [6.45, 7) is 9.13. The van der Waals surface area contributed by atoms with Crippen molar-refractivity contribution >= 4 is 22.6 Å². The Morgan fingerprint density at radius 1 is 1.10 bits per heavy atom. The largest absolute Gasteiger partial charge is 0.390 e. The molecule has 4 aromatic rings. The van der Waals surface area contributed by atoms with E-state index in [0.717, 1.165) is 72.9 Å². The number of hydrogen-bond acceptors (Lipinski definition) is 7. The Kier molecular flexibility index (Phi) is 7.92. The van der Waals surface area contributed by atoms with Gasteiger partial charge in [0.15, 0.2) is 0 Å². The second kappa shape index (κ2) is 11.9. The van der Waals surface area contributed by atoms with E-state index >= 15 is 0 Å². The molecule has 6 rings (SSSR count). The third-order valence-corrected chi connectivity index (χ3v) is 8.02. The minimum absolute atomic E-state index is 0.164. The third kappa shape index (κ3) is 6.26. The van der Waals surface area contributed by atoms with Crippen LogP contribution >= 0.6 is 0 Å². The van der Waals surface area contributed by atoms with Gasteiger partial charge in [0.25, 0.3) is 5.91 Å². The van der Waals surface area contributed by atoms with Crippen molar-refractivity contribution < 1.29 is 9.90 Å². The number of carbonyl (C=O) groups excluding carboxylic acids is 1. The van der Waals surface area contributed by atoms with Gasteiger partial charge in [-0.1, -0.05) is 12.1 Å². The number of aliphatic hydroxyl groups excluding tert-OH is 1. The maximum Gasteiger partial charge on any atom is 0.255 e. The highest BCUT2D eigenvalue weighted by atomic mass is 16.3. The molecule has 10 nitrogen and oxygen atoms in total. The van der Waals surface area contributed by atoms with E-state index in [1.165, 1.54) is 12.8 Å². The van der Waals surface area contributed by atoms with Crippen molar-refractivity contribution in [1.29, 1.82) is 0 Å². The number of nitrogens with zero attached hydrogens (tertiary/aromatic N) is 5. The first-order valence-corrected chi connectivity index (χ1v) is 14.3. The molecule has 2 aromatic heterocycles. The van der Waals surface area contributed by atoms with Gasteiger partial charge in [0.05, 0.1) is 36.4 Å². The fourth-order valence-corrected chi connectivity index (χ4v) is 5.73. The summed E-state index contributed by atoms with van der Waals surface area (Å²) in [5.74, 6) is 0.795. The molecule has 40 heavy (non-hydrogen) atoms. The maximum atomic E-state index is 13.0. The molecule has 0 aliphatic carbocycles. The fourth-order valence-electron chi connectivity index (χ4n) is 5.73. The second-order valence-corrected chi connectivity index (χ2v) is 11.1. The number of carbonyl (C=O) groups is 1. The zero-order valence-electron chi connectivity index (χ0n) is 23.0. The Morgan fingerprint density at radius 3 is 2.70 bits per heavy atom. The number of piperazine rings is 1. The number of nitrogens with one attached hydrogen (secondary N) is 3. The van der Waals surface area contributed by atoms with Crippen LogP contribution in [-0.4, -0.2) is 92.0 Å². The summed E-state index contributed by atoms with van der Waals surface area (Å²) < 4.78 is 1.78. The van der Waals surface area contributed by atoms with E-state index in [9.17, 15) is 9.90 Å². The molecule has 2 fully saturated rings. The molecule has 10 heteroatoms. The van der Waals surface area contributed by atoms with Crippen LogP contribution in [0.2, 0.25) is 0 Å². The second-order valence-electron chi connectivity index (χ2n) is 11.1. The number of benzene rings is 2. The van der Waals surface area contributed by atoms with Crippen LogP contribution in [0, 0.1) is 0 Å². The molecule has 1 amide bonds. The minimum Gasteiger partial charge on any atom is -0.390 e. The molecule has 0 bridgehead atoms. The summed E-state index contributed by atoms with van der Waals surface area (Å²) in [6.07, 6.45) is 5.74. The van der Waals surface area contributed by atoms with E-state index in [2.05, 4.69) is 37.4 Å². The molecule has 2 aliphatic rings. The van der Waals surface area contributed by atoms with Crippen LogP contribution in [0.25, 0.3) is 22.2 Å². The number of fused-ring (bicyclic) bond motifs is 1. The first kappa shape index (κ1) is 26.6. The SMILES string of the molecule is C[C@H]1CCCN1Cc1nc2ccc(NC(=O)c3ccc(-c4cnn(CC(O)CN5CCNCC5)c4)cc3)cc2[nH]1. The number of likely N-dealkylation sites (tertiary alicyclic amines) is 1. The molecular weight excluding hydrogens is 504 g/mol. The van der Waals surface area contributed by atoms with Gasteiger partial charge in [0.2, 0.25) is 0 Å². The van der Waals surface area contributed by atoms with Gasteiger partial charge in [-0.15, -0.1) is 0 Å². The number of aromatic amines is 1. The lowest BCUT2D eigenvalue weighted by molar-refractivity contribution is 0.0889. The average molecular weight is 543 g/mol. The van der Waals surface area contributed by atoms with Crippen LogP contribution in [0.15, 0.2) is 54.9 Å². The number of aromatic nitrogens is 4. The molecule has 4 heterocycles. The van der Waals surface area contributed by atoms with Crippen molar-refractivity contribution in [2.45, 2.75) is 45.0 Å². The molecule has 2 aliphatic heterocycles. The van der Waals surface area contributed by atoms with Crippen molar-refractivity contribution in [3.05, 3.63) is 66.2 Å². The number of amides is 1. The highest BCUT2D eigenvalue weighted by Gasteiger charge is 2.21. The van der Waals surface area contributed by atoms with Gasteiger partial charge in [0, 0.05) is 61.8 Å². The summed E-state index contributed by atoms with van der Waals surface area (Å²) in [5.41, 5.74) is 5.05. The molecule has 2 atom stereocenters. The topological polar surface area (TPSA) is 114 Å². The number of imidazole rings is 1. The zero-order valence-corrected chi connectivity index (χ0v) is 23.0. The van der Waals surface area contributed by atoms with Crippen molar-refractivity contribution in [3.8, 4) is 11.1 Å². The lowest BCUT2D eigenvalue weighted by Crippen LogP contribution is -2.46. The molecule has 1 unspecified atom stereocenters. The molecule has 0 radical (unpaired) electrons. The summed E-state index contributed by atoms with van der Waals surface area (Å²) in [5, 5.41) is 21.3. The van der Waals surface area contributed by atoms with E-state index in [1.807, 2.05) is 48.7 Å². The molecule has 0 spiro atoms. The smallest absolute Gasteiger partial charge is 0.255 e. The molecule has 4 N–H and O–H groups in total. The van der Waals surface area contributed by atoms with Gasteiger partial charge >= 0.3 is 0 Å². The van der Waals surface area contributed by atoms with E-state index in [4.69, 9.17) is 4.98 Å². The normalized spacial score (nSPS) is 19.3. The molecule has 2 aromatic carbocycles. The standard InChI is InChI=1S/C30H38N8O2/c1-21-3-2-12-37(21)20-29-34-27-9-8-25(15-28(27)35-29)33-30(40)23-6-4-22(5-7-23)24-16-32-38(17-24)19-26(39)18-36-13-10-31-11-14-36/h4-9,15-17,21,26,31,39H,2-3,10-14,18-20H2,1H3,(H,33,40)(H,34,35)/t21-,26?/m0/s1. The van der Waals surface area contributed by atoms with E-state index in [0.29, 0.717) is 24.7 Å². The number of rotatable bonds is 9. The molecule has 210 valence electrons. The van der Waals surface area contributed by atoms with Crippen molar-refractivity contribution in [3.63, 3.8) is 0 Å². The van der Waals surface area contributed by atoms with Crippen molar-refractivity contribution in [2.24, 2.45) is 0 Å². The van der Waals surface area contributed by atoms with Crippen LogP contribution in [0.1, 0.15) is 35.9 Å². The monoisotopic (exact) mass is 542 g/mol. The lowest BCUT2D eigenvalue weighted by atomic mass is 10.1. The van der Waals surface area contributed by atoms with Gasteiger partial charge in [-0.2, -0.15) is 5.10 Å². The van der Waals surface area contributed by atoms with Crippen LogP contribution < -0.4 is 10.6 Å². The predicted molar refractivity (Wildman–Crippen MR) is 156 cm³/mol. The number of aliphatic hydroxyl groups is 1. The fraction of sp³-hybridized carbons (Fsp3) is 0.433. The molecule has 0 saturated carbocycles. The summed E-state index contributed by atoms with van der Waals surface area (Å²) in [6, 6.07) is 13.9. The number of β-amino-alcohol motifs (C(OH)–C–C–N with tert-alkyl or cyclic N) is 1. The minimum atomic E-state index is -0.474. The Balaban J connectivity index is 1.05.